The highest BCUT2D eigenvalue weighted by Crippen LogP contribution is 2.25. The van der Waals surface area contributed by atoms with Crippen molar-refractivity contribution >= 4 is 11.8 Å². The number of nitrogen functional groups attached to an aromatic ring is 1. The quantitative estimate of drug-likeness (QED) is 0.288. The number of carbonyl (C=O) groups is 1. The number of carbonyl (C=O) groups excluding carboxylic acids is 1. The van der Waals surface area contributed by atoms with Crippen molar-refractivity contribution in [3.05, 3.63) is 35.1 Å². The van der Waals surface area contributed by atoms with Gasteiger partial charge in [0.15, 0.2) is 6.10 Å². The van der Waals surface area contributed by atoms with E-state index >= 15 is 0 Å². The largest absolute Gasteiger partial charge is 0.457 e. The summed E-state index contributed by atoms with van der Waals surface area (Å²) in [4.78, 5) is 27.4. The van der Waals surface area contributed by atoms with Crippen LogP contribution in [0.1, 0.15) is 13.8 Å². The zero-order chi connectivity index (χ0) is 20.8. The summed E-state index contributed by atoms with van der Waals surface area (Å²) in [5.41, 5.74) is 0.784. The molecule has 0 saturated carbocycles. The van der Waals surface area contributed by atoms with Gasteiger partial charge >= 0.3 is 17.4 Å². The van der Waals surface area contributed by atoms with Gasteiger partial charge in [-0.1, -0.05) is 6.58 Å². The van der Waals surface area contributed by atoms with Crippen LogP contribution >= 0.6 is 0 Å². The second-order valence-electron chi connectivity index (χ2n) is 6.27. The lowest BCUT2D eigenvalue weighted by Crippen LogP contribution is -2.52. The van der Waals surface area contributed by atoms with Crippen LogP contribution in [-0.4, -0.2) is 56.8 Å². The summed E-state index contributed by atoms with van der Waals surface area (Å²) >= 11 is 0. The third kappa shape index (κ3) is 4.82. The minimum absolute atomic E-state index is 0.124. The molecule has 5 N–H and O–H groups in total. The van der Waals surface area contributed by atoms with Gasteiger partial charge in [-0.05, 0) is 19.9 Å². The SMILES string of the molecule is C=C(COC(=O)C(C)(C)CO)O[C@](C#N)(C(O)CO)n1ccc(N)nc1=O. The number of aliphatic hydroxyl groups is 3. The van der Waals surface area contributed by atoms with Crippen molar-refractivity contribution in [3.63, 3.8) is 0 Å². The molecule has 11 heteroatoms. The third-order valence-corrected chi connectivity index (χ3v) is 3.58. The first-order chi connectivity index (χ1) is 12.5. The van der Waals surface area contributed by atoms with E-state index in [0.29, 0.717) is 4.57 Å². The summed E-state index contributed by atoms with van der Waals surface area (Å²) in [5, 5.41) is 38.1. The summed E-state index contributed by atoms with van der Waals surface area (Å²) in [6, 6.07) is 2.80. The van der Waals surface area contributed by atoms with E-state index in [1.54, 1.807) is 6.07 Å². The topological polar surface area (TPSA) is 181 Å². The Bertz CT molecular complexity index is 799. The molecule has 1 unspecified atom stereocenters. The lowest BCUT2D eigenvalue weighted by Gasteiger charge is -2.33. The number of nitriles is 1. The second-order valence-corrected chi connectivity index (χ2v) is 6.27. The number of hydrogen-bond donors (Lipinski definition) is 4. The molecule has 1 aromatic heterocycles. The van der Waals surface area contributed by atoms with Gasteiger partial charge in [0, 0.05) is 6.20 Å². The first-order valence-corrected chi connectivity index (χ1v) is 7.74. The molecule has 0 radical (unpaired) electrons. The second kappa shape index (κ2) is 8.63. The van der Waals surface area contributed by atoms with Crippen LogP contribution < -0.4 is 11.4 Å². The molecule has 0 saturated heterocycles. The van der Waals surface area contributed by atoms with Gasteiger partial charge in [-0.25, -0.2) is 9.36 Å². The van der Waals surface area contributed by atoms with E-state index in [1.807, 2.05) is 0 Å². The fraction of sp³-hybridized carbons (Fsp3) is 0.500. The maximum atomic E-state index is 12.1. The van der Waals surface area contributed by atoms with Crippen molar-refractivity contribution in [1.29, 1.82) is 5.26 Å². The van der Waals surface area contributed by atoms with E-state index in [0.717, 1.165) is 6.20 Å². The Kier molecular flexibility index (Phi) is 7.06. The Labute approximate surface area is 154 Å². The molecular weight excluding hydrogens is 360 g/mol. The highest BCUT2D eigenvalue weighted by Gasteiger charge is 2.44. The van der Waals surface area contributed by atoms with Crippen LogP contribution in [0.4, 0.5) is 5.82 Å². The van der Waals surface area contributed by atoms with Crippen LogP contribution in [-0.2, 0) is 20.0 Å². The zero-order valence-corrected chi connectivity index (χ0v) is 15.0. The van der Waals surface area contributed by atoms with Crippen molar-refractivity contribution < 1.29 is 29.6 Å². The molecule has 0 amide bonds. The molecule has 148 valence electrons. The number of nitrogens with two attached hydrogens (primary N) is 1. The molecule has 0 bridgehead atoms. The zero-order valence-electron chi connectivity index (χ0n) is 15.0. The van der Waals surface area contributed by atoms with Crippen molar-refractivity contribution in [3.8, 4) is 6.07 Å². The molecular formula is C16H22N4O7. The monoisotopic (exact) mass is 382 g/mol. The van der Waals surface area contributed by atoms with E-state index in [2.05, 4.69) is 11.6 Å². The Morgan fingerprint density at radius 3 is 2.63 bits per heavy atom. The molecule has 1 aromatic rings. The number of nitrogens with zero attached hydrogens (tertiary/aromatic N) is 3. The number of aliphatic hydroxyl groups excluding tert-OH is 3. The Morgan fingerprint density at radius 2 is 2.15 bits per heavy atom. The summed E-state index contributed by atoms with van der Waals surface area (Å²) in [6.45, 7) is 4.47. The number of rotatable bonds is 9. The fourth-order valence-electron chi connectivity index (χ4n) is 1.88. The van der Waals surface area contributed by atoms with E-state index in [1.165, 1.54) is 19.9 Å². The predicted octanol–water partition coefficient (Wildman–Crippen LogP) is -1.55. The summed E-state index contributed by atoms with van der Waals surface area (Å²) < 4.78 is 10.9. The fourth-order valence-corrected chi connectivity index (χ4v) is 1.88. The minimum Gasteiger partial charge on any atom is -0.457 e. The molecule has 1 heterocycles. The van der Waals surface area contributed by atoms with Crippen molar-refractivity contribution in [2.75, 3.05) is 25.6 Å². The molecule has 0 spiro atoms. The molecule has 0 aliphatic carbocycles. The first kappa shape index (κ1) is 22.1. The van der Waals surface area contributed by atoms with E-state index in [9.17, 15) is 25.1 Å². The van der Waals surface area contributed by atoms with Gasteiger partial charge in [0.1, 0.15) is 24.3 Å². The average molecular weight is 382 g/mol. The molecule has 0 aliphatic heterocycles. The molecule has 2 atom stereocenters. The van der Waals surface area contributed by atoms with Crippen LogP contribution in [0.15, 0.2) is 29.4 Å². The summed E-state index contributed by atoms with van der Waals surface area (Å²) in [5.74, 6) is -1.18. The van der Waals surface area contributed by atoms with Crippen molar-refractivity contribution in [2.45, 2.75) is 25.7 Å². The van der Waals surface area contributed by atoms with Gasteiger partial charge in [0.2, 0.25) is 0 Å². The van der Waals surface area contributed by atoms with Gasteiger partial charge in [0.05, 0.1) is 18.6 Å². The Balaban J connectivity index is 3.13. The molecule has 0 fully saturated rings. The van der Waals surface area contributed by atoms with E-state index in [-0.39, 0.29) is 11.6 Å². The van der Waals surface area contributed by atoms with Gasteiger partial charge in [0.25, 0.3) is 0 Å². The Morgan fingerprint density at radius 1 is 1.52 bits per heavy atom. The molecule has 11 nitrogen and oxygen atoms in total. The van der Waals surface area contributed by atoms with E-state index < -0.39 is 48.7 Å². The minimum atomic E-state index is -2.43. The van der Waals surface area contributed by atoms with Crippen molar-refractivity contribution in [2.24, 2.45) is 5.41 Å². The maximum Gasteiger partial charge on any atom is 0.353 e. The van der Waals surface area contributed by atoms with Crippen LogP contribution in [0.5, 0.6) is 0 Å². The highest BCUT2D eigenvalue weighted by atomic mass is 16.6. The van der Waals surface area contributed by atoms with Crippen LogP contribution in [0.2, 0.25) is 0 Å². The molecule has 27 heavy (non-hydrogen) atoms. The third-order valence-electron chi connectivity index (χ3n) is 3.58. The van der Waals surface area contributed by atoms with Gasteiger partial charge in [-0.2, -0.15) is 10.2 Å². The maximum absolute atomic E-state index is 12.1. The predicted molar refractivity (Wildman–Crippen MR) is 91.6 cm³/mol. The van der Waals surface area contributed by atoms with Gasteiger partial charge < -0.3 is 30.5 Å². The lowest BCUT2D eigenvalue weighted by atomic mass is 9.95. The van der Waals surface area contributed by atoms with Gasteiger partial charge in [-0.15, -0.1) is 0 Å². The standard InChI is InChI=1S/C16H22N4O7/c1-10(7-26-13(24)15(2,3)9-22)27-16(8-17,11(23)6-21)20-5-4-12(18)19-14(20)25/h4-5,11,21-23H,1,6-7,9H2,2-3H3,(H2,18,19,25)/t11?,16-/m1/s1. The number of esters is 1. The molecule has 0 aromatic carbocycles. The molecule has 1 rings (SSSR count). The average Bonchev–Trinajstić information content (AvgIpc) is 2.63. The summed E-state index contributed by atoms with van der Waals surface area (Å²) in [7, 11) is 0. The normalized spacial score (nSPS) is 14.5. The number of ether oxygens (including phenoxy) is 2. The first-order valence-electron chi connectivity index (χ1n) is 7.74. The number of hydrogen-bond acceptors (Lipinski definition) is 10. The van der Waals surface area contributed by atoms with Gasteiger partial charge in [-0.3, -0.25) is 4.79 Å². The lowest BCUT2D eigenvalue weighted by molar-refractivity contribution is -0.161. The number of anilines is 1. The van der Waals surface area contributed by atoms with E-state index in [4.69, 9.17) is 20.3 Å². The highest BCUT2D eigenvalue weighted by molar-refractivity contribution is 5.76. The van der Waals surface area contributed by atoms with Crippen LogP contribution in [0.3, 0.4) is 0 Å². The number of aromatic nitrogens is 2. The smallest absolute Gasteiger partial charge is 0.353 e. The van der Waals surface area contributed by atoms with Crippen LogP contribution in [0.25, 0.3) is 0 Å². The van der Waals surface area contributed by atoms with Crippen molar-refractivity contribution in [1.82, 2.24) is 9.55 Å². The summed E-state index contributed by atoms with van der Waals surface area (Å²) in [6.07, 6.45) is -0.812. The van der Waals surface area contributed by atoms with Crippen LogP contribution in [0, 0.1) is 16.7 Å². The molecule has 0 aliphatic rings. The Hall–Kier alpha value is -2.94.